The third-order valence-electron chi connectivity index (χ3n) is 2.93. The van der Waals surface area contributed by atoms with E-state index in [0.29, 0.717) is 17.9 Å². The minimum Gasteiger partial charge on any atom is -0.397 e. The van der Waals surface area contributed by atoms with Gasteiger partial charge in [-0.3, -0.25) is 4.79 Å². The lowest BCUT2D eigenvalue weighted by atomic mass is 10.2. The number of amides is 1. The van der Waals surface area contributed by atoms with Crippen molar-refractivity contribution in [1.82, 2.24) is 9.88 Å². The highest BCUT2D eigenvalue weighted by Crippen LogP contribution is 2.16. The molecule has 2 rings (SSSR count). The molecule has 0 fully saturated rings. The molecule has 0 radical (unpaired) electrons. The Hall–Kier alpha value is -2.01. The molecule has 0 saturated carbocycles. The van der Waals surface area contributed by atoms with Gasteiger partial charge in [0.15, 0.2) is 0 Å². The van der Waals surface area contributed by atoms with Crippen LogP contribution in [-0.2, 0) is 13.1 Å². The topological polar surface area (TPSA) is 60.0 Å². The third kappa shape index (κ3) is 3.11. The molecule has 6 heteroatoms. The van der Waals surface area contributed by atoms with Crippen LogP contribution in [-0.4, -0.2) is 10.5 Å². The van der Waals surface area contributed by atoms with Crippen molar-refractivity contribution in [2.45, 2.75) is 20.0 Å². The fourth-order valence-corrected chi connectivity index (χ4v) is 2.11. The molecule has 0 aliphatic rings. The summed E-state index contributed by atoms with van der Waals surface area (Å²) < 4.78 is 14.8. The Kier molecular flexibility index (Phi) is 4.29. The predicted octanol–water partition coefficient (Wildman–Crippen LogP) is 2.81. The van der Waals surface area contributed by atoms with Crippen LogP contribution in [0, 0.1) is 5.82 Å². The first-order chi connectivity index (χ1) is 9.51. The molecule has 4 nitrogen and oxygen atoms in total. The van der Waals surface area contributed by atoms with Gasteiger partial charge in [-0.25, -0.2) is 4.39 Å². The molecule has 1 amide bonds. The first-order valence-corrected chi connectivity index (χ1v) is 6.57. The maximum Gasteiger partial charge on any atom is 0.268 e. The first kappa shape index (κ1) is 14.4. The van der Waals surface area contributed by atoms with Crippen LogP contribution >= 0.6 is 11.6 Å². The summed E-state index contributed by atoms with van der Waals surface area (Å²) in [6, 6.07) is 5.96. The second kappa shape index (κ2) is 5.96. The van der Waals surface area contributed by atoms with Gasteiger partial charge in [0.2, 0.25) is 0 Å². The van der Waals surface area contributed by atoms with E-state index >= 15 is 0 Å². The Morgan fingerprint density at radius 2 is 2.20 bits per heavy atom. The average molecular weight is 296 g/mol. The van der Waals surface area contributed by atoms with E-state index in [4.69, 9.17) is 17.3 Å². The Balaban J connectivity index is 2.06. The molecule has 1 heterocycles. The van der Waals surface area contributed by atoms with Crippen LogP contribution in [0.3, 0.4) is 0 Å². The molecule has 0 aliphatic heterocycles. The van der Waals surface area contributed by atoms with Gasteiger partial charge in [0.25, 0.3) is 5.91 Å². The molecule has 2 aromatic rings. The summed E-state index contributed by atoms with van der Waals surface area (Å²) in [4.78, 5) is 12.1. The van der Waals surface area contributed by atoms with Gasteiger partial charge in [-0.2, -0.15) is 0 Å². The fourth-order valence-electron chi connectivity index (χ4n) is 1.91. The molecule has 0 saturated heterocycles. The highest BCUT2D eigenvalue weighted by Gasteiger charge is 2.12. The largest absolute Gasteiger partial charge is 0.397 e. The summed E-state index contributed by atoms with van der Waals surface area (Å²) in [5, 5.41) is 2.79. The summed E-state index contributed by atoms with van der Waals surface area (Å²) in [5.74, 6) is -0.710. The molecular formula is C14H15ClFN3O. The van der Waals surface area contributed by atoms with Crippen molar-refractivity contribution in [1.29, 1.82) is 0 Å². The number of aromatic nitrogens is 1. The van der Waals surface area contributed by atoms with Crippen molar-refractivity contribution in [2.24, 2.45) is 0 Å². The SMILES string of the molecule is CCn1cc(N)cc1C(=O)NCc1ccc(F)c(Cl)c1. The molecular weight excluding hydrogens is 281 g/mol. The molecule has 0 spiro atoms. The number of hydrogen-bond donors (Lipinski definition) is 2. The predicted molar refractivity (Wildman–Crippen MR) is 77.1 cm³/mol. The highest BCUT2D eigenvalue weighted by molar-refractivity contribution is 6.30. The average Bonchev–Trinajstić information content (AvgIpc) is 2.81. The second-order valence-electron chi connectivity index (χ2n) is 4.38. The quantitative estimate of drug-likeness (QED) is 0.911. The van der Waals surface area contributed by atoms with Gasteiger partial charge >= 0.3 is 0 Å². The standard InChI is InChI=1S/C14H15ClFN3O/c1-2-19-8-10(17)6-13(19)14(20)18-7-9-3-4-12(16)11(15)5-9/h3-6,8H,2,7,17H2,1H3,(H,18,20). The number of anilines is 1. The van der Waals surface area contributed by atoms with Crippen LogP contribution in [0.2, 0.25) is 5.02 Å². The molecule has 0 atom stereocenters. The molecule has 0 aliphatic carbocycles. The van der Waals surface area contributed by atoms with Crippen LogP contribution in [0.15, 0.2) is 30.5 Å². The van der Waals surface area contributed by atoms with Gasteiger partial charge in [-0.1, -0.05) is 17.7 Å². The van der Waals surface area contributed by atoms with Gasteiger partial charge in [0.05, 0.1) is 10.7 Å². The van der Waals surface area contributed by atoms with Crippen molar-refractivity contribution < 1.29 is 9.18 Å². The number of hydrogen-bond acceptors (Lipinski definition) is 2. The summed E-state index contributed by atoms with van der Waals surface area (Å²) in [5.41, 5.74) is 7.45. The van der Waals surface area contributed by atoms with Gasteiger partial charge in [0.1, 0.15) is 11.5 Å². The van der Waals surface area contributed by atoms with E-state index < -0.39 is 5.82 Å². The molecule has 0 unspecified atom stereocenters. The Labute approximate surface area is 121 Å². The van der Waals surface area contributed by atoms with E-state index in [2.05, 4.69) is 5.32 Å². The molecule has 1 aromatic carbocycles. The monoisotopic (exact) mass is 295 g/mol. The van der Waals surface area contributed by atoms with Gasteiger partial charge in [0, 0.05) is 19.3 Å². The van der Waals surface area contributed by atoms with Crippen LogP contribution in [0.25, 0.3) is 0 Å². The van der Waals surface area contributed by atoms with Crippen molar-refractivity contribution in [3.8, 4) is 0 Å². The van der Waals surface area contributed by atoms with Crippen LogP contribution in [0.1, 0.15) is 23.0 Å². The molecule has 3 N–H and O–H groups in total. The van der Waals surface area contributed by atoms with E-state index in [1.165, 1.54) is 12.1 Å². The number of nitrogens with two attached hydrogens (primary N) is 1. The zero-order chi connectivity index (χ0) is 14.7. The Bertz CT molecular complexity index is 639. The van der Waals surface area contributed by atoms with Gasteiger partial charge in [-0.05, 0) is 30.7 Å². The number of nitrogen functional groups attached to an aromatic ring is 1. The number of rotatable bonds is 4. The number of aryl methyl sites for hydroxylation is 1. The number of nitrogens with one attached hydrogen (secondary N) is 1. The van der Waals surface area contributed by atoms with Gasteiger partial charge < -0.3 is 15.6 Å². The van der Waals surface area contributed by atoms with Crippen molar-refractivity contribution >= 4 is 23.2 Å². The molecule has 0 bridgehead atoms. The van der Waals surface area contributed by atoms with Crippen molar-refractivity contribution in [3.05, 3.63) is 52.6 Å². The van der Waals surface area contributed by atoms with Crippen LogP contribution in [0.4, 0.5) is 10.1 Å². The van der Waals surface area contributed by atoms with Gasteiger partial charge in [-0.15, -0.1) is 0 Å². The maximum absolute atomic E-state index is 13.0. The number of carbonyl (C=O) groups excluding carboxylic acids is 1. The molecule has 1 aromatic heterocycles. The Morgan fingerprint density at radius 1 is 1.45 bits per heavy atom. The third-order valence-corrected chi connectivity index (χ3v) is 3.22. The second-order valence-corrected chi connectivity index (χ2v) is 4.78. The van der Waals surface area contributed by atoms with E-state index in [9.17, 15) is 9.18 Å². The normalized spacial score (nSPS) is 10.6. The number of nitrogens with zero attached hydrogens (tertiary/aromatic N) is 1. The smallest absolute Gasteiger partial charge is 0.268 e. The lowest BCUT2D eigenvalue weighted by Gasteiger charge is -2.08. The van der Waals surface area contributed by atoms with Crippen LogP contribution < -0.4 is 11.1 Å². The highest BCUT2D eigenvalue weighted by atomic mass is 35.5. The Morgan fingerprint density at radius 3 is 2.85 bits per heavy atom. The fraction of sp³-hybridized carbons (Fsp3) is 0.214. The minimum atomic E-state index is -0.477. The molecule has 20 heavy (non-hydrogen) atoms. The van der Waals surface area contributed by atoms with E-state index in [0.717, 1.165) is 5.56 Å². The lowest BCUT2D eigenvalue weighted by Crippen LogP contribution is -2.25. The molecule has 106 valence electrons. The number of carbonyl (C=O) groups is 1. The van der Waals surface area contributed by atoms with Crippen molar-refractivity contribution in [2.75, 3.05) is 5.73 Å². The summed E-state index contributed by atoms with van der Waals surface area (Å²) in [7, 11) is 0. The van der Waals surface area contributed by atoms with E-state index in [1.807, 2.05) is 6.92 Å². The van der Waals surface area contributed by atoms with E-state index in [1.54, 1.807) is 22.9 Å². The summed E-state index contributed by atoms with van der Waals surface area (Å²) >= 11 is 5.69. The zero-order valence-corrected chi connectivity index (χ0v) is 11.7. The summed E-state index contributed by atoms with van der Waals surface area (Å²) in [6.45, 7) is 2.85. The summed E-state index contributed by atoms with van der Waals surface area (Å²) in [6.07, 6.45) is 1.71. The number of benzene rings is 1. The van der Waals surface area contributed by atoms with E-state index in [-0.39, 0.29) is 17.5 Å². The number of halogens is 2. The lowest BCUT2D eigenvalue weighted by molar-refractivity contribution is 0.0942. The van der Waals surface area contributed by atoms with Crippen molar-refractivity contribution in [3.63, 3.8) is 0 Å². The minimum absolute atomic E-state index is 0.0397. The van der Waals surface area contributed by atoms with Crippen LogP contribution in [0.5, 0.6) is 0 Å². The zero-order valence-electron chi connectivity index (χ0n) is 11.0. The maximum atomic E-state index is 13.0. The first-order valence-electron chi connectivity index (χ1n) is 6.19.